The molecule has 1 heteroatoms. The fraction of sp³-hybridized carbons (Fsp3) is 0.647. The molecule has 0 aliphatic heterocycles. The monoisotopic (exact) mass is 243 g/mol. The third-order valence-corrected chi connectivity index (χ3v) is 5.19. The highest BCUT2D eigenvalue weighted by Gasteiger charge is 2.46. The molecule has 3 rings (SSSR count). The molecule has 98 valence electrons. The first-order valence-corrected chi connectivity index (χ1v) is 7.57. The van der Waals surface area contributed by atoms with Gasteiger partial charge >= 0.3 is 0 Å². The molecular weight excluding hydrogens is 218 g/mol. The molecule has 2 aliphatic carbocycles. The molecule has 1 nitrogen and oxygen atoms in total. The second kappa shape index (κ2) is 5.05. The van der Waals surface area contributed by atoms with Crippen LogP contribution < -0.4 is 5.32 Å². The van der Waals surface area contributed by atoms with Gasteiger partial charge in [-0.05, 0) is 43.6 Å². The van der Waals surface area contributed by atoms with Crippen LogP contribution in [0.25, 0.3) is 0 Å². The molecule has 2 saturated carbocycles. The first-order chi connectivity index (χ1) is 8.78. The fourth-order valence-electron chi connectivity index (χ4n) is 3.82. The van der Waals surface area contributed by atoms with Crippen LogP contribution in [0, 0.1) is 12.3 Å². The summed E-state index contributed by atoms with van der Waals surface area (Å²) < 4.78 is 0. The number of hydrogen-bond donors (Lipinski definition) is 1. The SMILES string of the molecule is Cc1ccc(CNC2CCC23CCCCC3)cc1. The second-order valence-electron chi connectivity index (χ2n) is 6.38. The summed E-state index contributed by atoms with van der Waals surface area (Å²) in [6.07, 6.45) is 10.2. The van der Waals surface area contributed by atoms with Crippen LogP contribution in [0.5, 0.6) is 0 Å². The van der Waals surface area contributed by atoms with Gasteiger partial charge in [0.25, 0.3) is 0 Å². The van der Waals surface area contributed by atoms with Gasteiger partial charge in [-0.25, -0.2) is 0 Å². The van der Waals surface area contributed by atoms with Gasteiger partial charge in [-0.2, -0.15) is 0 Å². The standard InChI is InChI=1S/C17H25N/c1-14-5-7-15(8-6-14)13-18-16-9-12-17(16)10-3-2-4-11-17/h5-8,16,18H,2-4,9-13H2,1H3. The van der Waals surface area contributed by atoms with Crippen molar-refractivity contribution in [1.29, 1.82) is 0 Å². The summed E-state index contributed by atoms with van der Waals surface area (Å²) in [5.74, 6) is 0. The fourth-order valence-corrected chi connectivity index (χ4v) is 3.82. The molecule has 2 fully saturated rings. The van der Waals surface area contributed by atoms with E-state index in [1.807, 2.05) is 0 Å². The van der Waals surface area contributed by atoms with E-state index in [-0.39, 0.29) is 0 Å². The van der Waals surface area contributed by atoms with Gasteiger partial charge in [0.2, 0.25) is 0 Å². The van der Waals surface area contributed by atoms with Gasteiger partial charge in [0.15, 0.2) is 0 Å². The Balaban J connectivity index is 1.55. The molecule has 1 spiro atoms. The zero-order chi connectivity index (χ0) is 12.4. The largest absolute Gasteiger partial charge is 0.309 e. The van der Waals surface area contributed by atoms with Gasteiger partial charge in [0.1, 0.15) is 0 Å². The molecule has 0 aromatic heterocycles. The summed E-state index contributed by atoms with van der Waals surface area (Å²) in [6.45, 7) is 3.20. The summed E-state index contributed by atoms with van der Waals surface area (Å²) in [4.78, 5) is 0. The molecular formula is C17H25N. The van der Waals surface area contributed by atoms with E-state index in [0.717, 1.165) is 12.6 Å². The van der Waals surface area contributed by atoms with Gasteiger partial charge < -0.3 is 5.32 Å². The van der Waals surface area contributed by atoms with Crippen molar-refractivity contribution in [3.05, 3.63) is 35.4 Å². The summed E-state index contributed by atoms with van der Waals surface area (Å²) >= 11 is 0. The third-order valence-electron chi connectivity index (χ3n) is 5.19. The highest BCUT2D eigenvalue weighted by molar-refractivity contribution is 5.21. The van der Waals surface area contributed by atoms with Gasteiger partial charge in [0, 0.05) is 12.6 Å². The van der Waals surface area contributed by atoms with E-state index >= 15 is 0 Å². The molecule has 0 saturated heterocycles. The molecule has 0 amide bonds. The predicted octanol–water partition coefficient (Wildman–Crippen LogP) is 4.20. The van der Waals surface area contributed by atoms with Gasteiger partial charge in [-0.3, -0.25) is 0 Å². The van der Waals surface area contributed by atoms with Crippen molar-refractivity contribution in [3.8, 4) is 0 Å². The second-order valence-corrected chi connectivity index (χ2v) is 6.38. The van der Waals surface area contributed by atoms with Crippen LogP contribution >= 0.6 is 0 Å². The van der Waals surface area contributed by atoms with Gasteiger partial charge in [-0.1, -0.05) is 49.1 Å². The van der Waals surface area contributed by atoms with E-state index < -0.39 is 0 Å². The molecule has 1 N–H and O–H groups in total. The summed E-state index contributed by atoms with van der Waals surface area (Å²) in [5.41, 5.74) is 3.47. The average Bonchev–Trinajstić information content (AvgIpc) is 2.41. The molecule has 18 heavy (non-hydrogen) atoms. The summed E-state index contributed by atoms with van der Waals surface area (Å²) in [7, 11) is 0. The molecule has 0 radical (unpaired) electrons. The Morgan fingerprint density at radius 3 is 2.39 bits per heavy atom. The predicted molar refractivity (Wildman–Crippen MR) is 76.6 cm³/mol. The average molecular weight is 243 g/mol. The summed E-state index contributed by atoms with van der Waals surface area (Å²) in [5, 5.41) is 3.82. The number of aryl methyl sites for hydroxylation is 1. The zero-order valence-electron chi connectivity index (χ0n) is 11.5. The number of benzene rings is 1. The first kappa shape index (κ1) is 12.2. The minimum atomic E-state index is 0.683. The van der Waals surface area contributed by atoms with E-state index in [9.17, 15) is 0 Å². The van der Waals surface area contributed by atoms with Crippen molar-refractivity contribution in [2.45, 2.75) is 64.5 Å². The molecule has 1 unspecified atom stereocenters. The Labute approximate surface area is 111 Å². The molecule has 0 heterocycles. The molecule has 0 bridgehead atoms. The lowest BCUT2D eigenvalue weighted by molar-refractivity contribution is 0.0221. The lowest BCUT2D eigenvalue weighted by Gasteiger charge is -2.52. The quantitative estimate of drug-likeness (QED) is 0.839. The van der Waals surface area contributed by atoms with Crippen molar-refractivity contribution in [2.24, 2.45) is 5.41 Å². The Morgan fingerprint density at radius 2 is 1.78 bits per heavy atom. The molecule has 1 aromatic rings. The highest BCUT2D eigenvalue weighted by Crippen LogP contribution is 2.51. The maximum absolute atomic E-state index is 3.82. The van der Waals surface area contributed by atoms with Crippen molar-refractivity contribution in [2.75, 3.05) is 0 Å². The van der Waals surface area contributed by atoms with Crippen molar-refractivity contribution >= 4 is 0 Å². The zero-order valence-corrected chi connectivity index (χ0v) is 11.5. The Hall–Kier alpha value is -0.820. The minimum absolute atomic E-state index is 0.683. The van der Waals surface area contributed by atoms with E-state index in [1.54, 1.807) is 0 Å². The molecule has 1 atom stereocenters. The van der Waals surface area contributed by atoms with E-state index in [1.165, 1.54) is 56.1 Å². The first-order valence-electron chi connectivity index (χ1n) is 7.57. The Morgan fingerprint density at radius 1 is 1.06 bits per heavy atom. The van der Waals surface area contributed by atoms with Crippen LogP contribution in [-0.4, -0.2) is 6.04 Å². The lowest BCUT2D eigenvalue weighted by Crippen LogP contribution is -2.53. The van der Waals surface area contributed by atoms with Crippen molar-refractivity contribution in [1.82, 2.24) is 5.32 Å². The van der Waals surface area contributed by atoms with Crippen LogP contribution in [0.15, 0.2) is 24.3 Å². The van der Waals surface area contributed by atoms with Crippen LogP contribution in [0.4, 0.5) is 0 Å². The topological polar surface area (TPSA) is 12.0 Å². The Bertz CT molecular complexity index is 387. The van der Waals surface area contributed by atoms with Crippen molar-refractivity contribution in [3.63, 3.8) is 0 Å². The Kier molecular flexibility index (Phi) is 3.43. The number of hydrogen-bond acceptors (Lipinski definition) is 1. The van der Waals surface area contributed by atoms with Gasteiger partial charge in [-0.15, -0.1) is 0 Å². The van der Waals surface area contributed by atoms with Gasteiger partial charge in [0.05, 0.1) is 0 Å². The van der Waals surface area contributed by atoms with Crippen LogP contribution in [0.1, 0.15) is 56.1 Å². The van der Waals surface area contributed by atoms with Crippen LogP contribution in [-0.2, 0) is 6.54 Å². The third kappa shape index (κ3) is 2.33. The lowest BCUT2D eigenvalue weighted by atomic mass is 9.57. The summed E-state index contributed by atoms with van der Waals surface area (Å²) in [6, 6.07) is 9.74. The van der Waals surface area contributed by atoms with E-state index in [4.69, 9.17) is 0 Å². The van der Waals surface area contributed by atoms with E-state index in [2.05, 4.69) is 36.5 Å². The minimum Gasteiger partial charge on any atom is -0.309 e. The maximum Gasteiger partial charge on any atom is 0.0208 e. The molecule has 1 aromatic carbocycles. The normalized spacial score (nSPS) is 25.9. The smallest absolute Gasteiger partial charge is 0.0208 e. The highest BCUT2D eigenvalue weighted by atomic mass is 15.0. The van der Waals surface area contributed by atoms with E-state index in [0.29, 0.717) is 5.41 Å². The number of rotatable bonds is 3. The van der Waals surface area contributed by atoms with Crippen molar-refractivity contribution < 1.29 is 0 Å². The number of nitrogens with one attached hydrogen (secondary N) is 1. The molecule has 2 aliphatic rings. The maximum atomic E-state index is 3.82. The van der Waals surface area contributed by atoms with Crippen LogP contribution in [0.3, 0.4) is 0 Å². The van der Waals surface area contributed by atoms with Crippen LogP contribution in [0.2, 0.25) is 0 Å².